The molecule has 0 spiro atoms. The highest BCUT2D eigenvalue weighted by Gasteiger charge is 2.42. The summed E-state index contributed by atoms with van der Waals surface area (Å²) in [5.74, 6) is 0.500. The first-order valence-electron chi connectivity index (χ1n) is 4.43. The van der Waals surface area contributed by atoms with E-state index in [1.807, 2.05) is 0 Å². The van der Waals surface area contributed by atoms with Gasteiger partial charge in [0.15, 0.2) is 0 Å². The van der Waals surface area contributed by atoms with Gasteiger partial charge >= 0.3 is 0 Å². The third-order valence-corrected chi connectivity index (χ3v) is 2.99. The smallest absolute Gasteiger partial charge is 0.0470 e. The maximum atomic E-state index is 8.98. The minimum absolute atomic E-state index is 0.269. The third kappa shape index (κ3) is 1.34. The van der Waals surface area contributed by atoms with Gasteiger partial charge in [-0.15, -0.1) is 0 Å². The van der Waals surface area contributed by atoms with Gasteiger partial charge in [-0.1, -0.05) is 32.4 Å². The van der Waals surface area contributed by atoms with E-state index in [-0.39, 0.29) is 5.41 Å². The Labute approximate surface area is 69.1 Å². The maximum Gasteiger partial charge on any atom is 0.0470 e. The second-order valence-electron chi connectivity index (χ2n) is 3.94. The Kier molecular flexibility index (Phi) is 2.38. The van der Waals surface area contributed by atoms with Gasteiger partial charge in [0.1, 0.15) is 0 Å². The lowest BCUT2D eigenvalue weighted by Crippen LogP contribution is -2.39. The van der Waals surface area contributed by atoms with Crippen LogP contribution in [0.4, 0.5) is 0 Å². The number of hydrogen-bond acceptors (Lipinski definition) is 1. The quantitative estimate of drug-likeness (QED) is 0.605. The van der Waals surface area contributed by atoms with E-state index in [0.717, 1.165) is 12.8 Å². The lowest BCUT2D eigenvalue weighted by molar-refractivity contribution is 0.0844. The topological polar surface area (TPSA) is 20.2 Å². The van der Waals surface area contributed by atoms with E-state index in [9.17, 15) is 0 Å². The van der Waals surface area contributed by atoms with Crippen LogP contribution in [-0.4, -0.2) is 11.7 Å². The fourth-order valence-corrected chi connectivity index (χ4v) is 1.80. The molecule has 0 aliphatic heterocycles. The predicted octanol–water partition coefficient (Wildman–Crippen LogP) is 2.36. The van der Waals surface area contributed by atoms with Gasteiger partial charge in [-0.25, -0.2) is 0 Å². The molecule has 0 aromatic heterocycles. The zero-order chi connectivity index (χ0) is 8.48. The number of aliphatic hydroxyl groups is 1. The Bertz CT molecular complexity index is 168. The summed E-state index contributed by atoms with van der Waals surface area (Å²) in [5, 5.41) is 8.98. The molecule has 1 nitrogen and oxygen atoms in total. The molecule has 1 fully saturated rings. The molecule has 0 heterocycles. The van der Waals surface area contributed by atoms with Crippen molar-refractivity contribution in [3.05, 3.63) is 11.6 Å². The number of hydrogen-bond donors (Lipinski definition) is 1. The summed E-state index contributed by atoms with van der Waals surface area (Å²) in [6, 6.07) is 0. The molecular weight excluding hydrogens is 136 g/mol. The molecule has 1 aliphatic rings. The molecule has 0 saturated heterocycles. The van der Waals surface area contributed by atoms with Crippen LogP contribution in [0.2, 0.25) is 0 Å². The van der Waals surface area contributed by atoms with Crippen LogP contribution in [0.25, 0.3) is 0 Å². The highest BCUT2D eigenvalue weighted by atomic mass is 16.3. The summed E-state index contributed by atoms with van der Waals surface area (Å²) in [6.07, 6.45) is 4.53. The zero-order valence-electron chi connectivity index (χ0n) is 7.72. The molecule has 1 aliphatic carbocycles. The highest BCUT2D eigenvalue weighted by Crippen LogP contribution is 2.50. The van der Waals surface area contributed by atoms with Gasteiger partial charge in [0.25, 0.3) is 0 Å². The van der Waals surface area contributed by atoms with E-state index in [2.05, 4.69) is 26.8 Å². The molecule has 0 amide bonds. The molecule has 1 saturated carbocycles. The van der Waals surface area contributed by atoms with Gasteiger partial charge in [-0.05, 0) is 24.2 Å². The number of rotatable bonds is 2. The van der Waals surface area contributed by atoms with Gasteiger partial charge in [0.2, 0.25) is 0 Å². The predicted molar refractivity (Wildman–Crippen MR) is 47.3 cm³/mol. The van der Waals surface area contributed by atoms with Gasteiger partial charge in [0, 0.05) is 6.61 Å². The second kappa shape index (κ2) is 2.98. The molecule has 0 radical (unpaired) electrons. The Hall–Kier alpha value is -0.300. The molecular formula is C10H18O. The van der Waals surface area contributed by atoms with Crippen LogP contribution in [0.5, 0.6) is 0 Å². The summed E-state index contributed by atoms with van der Waals surface area (Å²) in [4.78, 5) is 0. The molecule has 11 heavy (non-hydrogen) atoms. The van der Waals surface area contributed by atoms with Crippen molar-refractivity contribution >= 4 is 0 Å². The molecule has 1 heteroatoms. The Morgan fingerprint density at radius 2 is 2.27 bits per heavy atom. The van der Waals surface area contributed by atoms with E-state index in [1.165, 1.54) is 5.57 Å². The monoisotopic (exact) mass is 154 g/mol. The van der Waals surface area contributed by atoms with Gasteiger partial charge in [-0.2, -0.15) is 0 Å². The lowest BCUT2D eigenvalue weighted by Gasteiger charge is -2.47. The first-order chi connectivity index (χ1) is 5.12. The largest absolute Gasteiger partial charge is 0.396 e. The molecule has 1 atom stereocenters. The van der Waals surface area contributed by atoms with Gasteiger partial charge < -0.3 is 5.11 Å². The highest BCUT2D eigenvalue weighted by molar-refractivity contribution is 5.24. The van der Waals surface area contributed by atoms with Crippen LogP contribution in [0.3, 0.4) is 0 Å². The van der Waals surface area contributed by atoms with Crippen LogP contribution >= 0.6 is 0 Å². The summed E-state index contributed by atoms with van der Waals surface area (Å²) >= 11 is 0. The lowest BCUT2D eigenvalue weighted by atomic mass is 9.59. The fraction of sp³-hybridized carbons (Fsp3) is 0.800. The first kappa shape index (κ1) is 8.79. The van der Waals surface area contributed by atoms with Gasteiger partial charge in [-0.3, -0.25) is 0 Å². The third-order valence-electron chi connectivity index (χ3n) is 2.99. The maximum absolute atomic E-state index is 8.98. The van der Waals surface area contributed by atoms with E-state index >= 15 is 0 Å². The van der Waals surface area contributed by atoms with Crippen molar-refractivity contribution in [3.8, 4) is 0 Å². The molecule has 0 bridgehead atoms. The average Bonchev–Trinajstić information content (AvgIpc) is 1.97. The second-order valence-corrected chi connectivity index (χ2v) is 3.94. The standard InChI is InChI=1S/C10H18O/c1-4-5-8-6-9(7-11)10(8,2)3/h5,9,11H,4,6-7H2,1-3H3/b8-5+. The Morgan fingerprint density at radius 1 is 1.64 bits per heavy atom. The summed E-state index contributed by atoms with van der Waals surface area (Å²) in [5.41, 5.74) is 1.80. The van der Waals surface area contributed by atoms with E-state index in [0.29, 0.717) is 12.5 Å². The van der Waals surface area contributed by atoms with Gasteiger partial charge in [0.05, 0.1) is 0 Å². The summed E-state index contributed by atoms with van der Waals surface area (Å²) < 4.78 is 0. The zero-order valence-corrected chi connectivity index (χ0v) is 7.72. The van der Waals surface area contributed by atoms with Crippen molar-refractivity contribution in [1.29, 1.82) is 0 Å². The molecule has 64 valence electrons. The van der Waals surface area contributed by atoms with Crippen LogP contribution in [0.15, 0.2) is 11.6 Å². The van der Waals surface area contributed by atoms with Crippen molar-refractivity contribution in [1.82, 2.24) is 0 Å². The van der Waals surface area contributed by atoms with Crippen LogP contribution in [0, 0.1) is 11.3 Å². The van der Waals surface area contributed by atoms with E-state index in [4.69, 9.17) is 5.11 Å². The average molecular weight is 154 g/mol. The number of aliphatic hydroxyl groups excluding tert-OH is 1. The van der Waals surface area contributed by atoms with Crippen LogP contribution in [0.1, 0.15) is 33.6 Å². The summed E-state index contributed by atoms with van der Waals surface area (Å²) in [7, 11) is 0. The van der Waals surface area contributed by atoms with Crippen molar-refractivity contribution in [3.63, 3.8) is 0 Å². The molecule has 1 rings (SSSR count). The molecule has 0 aromatic rings. The first-order valence-corrected chi connectivity index (χ1v) is 4.43. The summed E-state index contributed by atoms with van der Waals surface area (Å²) in [6.45, 7) is 6.95. The Morgan fingerprint density at radius 3 is 2.64 bits per heavy atom. The molecule has 0 aromatic carbocycles. The molecule has 1 unspecified atom stereocenters. The normalized spacial score (nSPS) is 32.0. The van der Waals surface area contributed by atoms with Crippen molar-refractivity contribution in [2.75, 3.05) is 6.61 Å². The molecule has 1 N–H and O–H groups in total. The van der Waals surface area contributed by atoms with Crippen molar-refractivity contribution in [2.45, 2.75) is 33.6 Å². The van der Waals surface area contributed by atoms with Crippen LogP contribution < -0.4 is 0 Å². The van der Waals surface area contributed by atoms with Crippen molar-refractivity contribution < 1.29 is 5.11 Å². The fourth-order valence-electron chi connectivity index (χ4n) is 1.80. The SMILES string of the molecule is CC/C=C1\CC(CO)C1(C)C. The van der Waals surface area contributed by atoms with Crippen LogP contribution in [-0.2, 0) is 0 Å². The van der Waals surface area contributed by atoms with E-state index in [1.54, 1.807) is 0 Å². The minimum atomic E-state index is 0.269. The Balaban J connectivity index is 2.61. The number of allylic oxidation sites excluding steroid dienone is 2. The minimum Gasteiger partial charge on any atom is -0.396 e. The van der Waals surface area contributed by atoms with E-state index < -0.39 is 0 Å². The van der Waals surface area contributed by atoms with Crippen molar-refractivity contribution in [2.24, 2.45) is 11.3 Å².